The van der Waals surface area contributed by atoms with Crippen LogP contribution in [0.3, 0.4) is 0 Å². The lowest BCUT2D eigenvalue weighted by molar-refractivity contribution is 0.0826. The molecule has 92 valence electrons. The van der Waals surface area contributed by atoms with Crippen LogP contribution in [0.1, 0.15) is 25.2 Å². The van der Waals surface area contributed by atoms with Gasteiger partial charge in [0, 0.05) is 11.9 Å². The van der Waals surface area contributed by atoms with Gasteiger partial charge in [0.25, 0.3) is 0 Å². The van der Waals surface area contributed by atoms with Crippen LogP contribution in [0.4, 0.5) is 4.39 Å². The maximum absolute atomic E-state index is 14.7. The Morgan fingerprint density at radius 3 is 2.65 bits per heavy atom. The monoisotopic (exact) mass is 235 g/mol. The SMILES string of the molecule is Cc1cccc2cc(C(F)(CN)C(C)C)oc12. The Morgan fingerprint density at radius 1 is 1.41 bits per heavy atom. The first kappa shape index (κ1) is 12.1. The highest BCUT2D eigenvalue weighted by Crippen LogP contribution is 2.37. The molecule has 0 saturated heterocycles. The number of fused-ring (bicyclic) bond motifs is 1. The highest BCUT2D eigenvalue weighted by atomic mass is 19.1. The van der Waals surface area contributed by atoms with Crippen molar-refractivity contribution in [1.82, 2.24) is 0 Å². The third kappa shape index (κ3) is 1.84. The third-order valence-corrected chi connectivity index (χ3v) is 3.36. The predicted molar refractivity (Wildman–Crippen MR) is 67.6 cm³/mol. The maximum atomic E-state index is 14.7. The van der Waals surface area contributed by atoms with Crippen LogP contribution >= 0.6 is 0 Å². The number of halogens is 1. The Bertz CT molecular complexity index is 532. The molecule has 17 heavy (non-hydrogen) atoms. The predicted octanol–water partition coefficient (Wildman–Crippen LogP) is 3.52. The summed E-state index contributed by atoms with van der Waals surface area (Å²) in [6, 6.07) is 7.57. The number of furan rings is 1. The Labute approximate surface area is 101 Å². The molecule has 2 nitrogen and oxygen atoms in total. The second-order valence-electron chi connectivity index (χ2n) is 4.83. The standard InChI is InChI=1S/C14H18FNO/c1-9(2)14(15,8-16)12-7-11-6-4-5-10(3)13(11)17-12/h4-7,9H,8,16H2,1-3H3. The van der Waals surface area contributed by atoms with Gasteiger partial charge in [0.15, 0.2) is 5.67 Å². The molecule has 1 atom stereocenters. The molecule has 0 aliphatic heterocycles. The molecule has 2 N–H and O–H groups in total. The number of alkyl halides is 1. The normalized spacial score (nSPS) is 15.4. The van der Waals surface area contributed by atoms with Crippen molar-refractivity contribution in [1.29, 1.82) is 0 Å². The average molecular weight is 235 g/mol. The van der Waals surface area contributed by atoms with E-state index in [0.717, 1.165) is 16.5 Å². The van der Waals surface area contributed by atoms with E-state index in [9.17, 15) is 4.39 Å². The van der Waals surface area contributed by atoms with Crippen LogP contribution in [-0.2, 0) is 5.67 Å². The van der Waals surface area contributed by atoms with E-state index in [1.165, 1.54) is 0 Å². The van der Waals surface area contributed by atoms with Crippen LogP contribution in [-0.4, -0.2) is 6.54 Å². The number of benzene rings is 1. The van der Waals surface area contributed by atoms with Gasteiger partial charge >= 0.3 is 0 Å². The fraction of sp³-hybridized carbons (Fsp3) is 0.429. The van der Waals surface area contributed by atoms with Gasteiger partial charge in [0.1, 0.15) is 11.3 Å². The lowest BCUT2D eigenvalue weighted by Crippen LogP contribution is -2.35. The van der Waals surface area contributed by atoms with Gasteiger partial charge in [-0.25, -0.2) is 4.39 Å². The van der Waals surface area contributed by atoms with E-state index in [0.29, 0.717) is 5.76 Å². The zero-order valence-corrected chi connectivity index (χ0v) is 10.5. The summed E-state index contributed by atoms with van der Waals surface area (Å²) in [7, 11) is 0. The minimum absolute atomic E-state index is 0.0659. The molecule has 1 aromatic heterocycles. The Morgan fingerprint density at radius 2 is 2.12 bits per heavy atom. The minimum Gasteiger partial charge on any atom is -0.457 e. The van der Waals surface area contributed by atoms with Crippen LogP contribution in [0.2, 0.25) is 0 Å². The topological polar surface area (TPSA) is 39.2 Å². The quantitative estimate of drug-likeness (QED) is 0.884. The van der Waals surface area contributed by atoms with Crippen molar-refractivity contribution in [3.05, 3.63) is 35.6 Å². The first-order valence-corrected chi connectivity index (χ1v) is 5.87. The number of rotatable bonds is 3. The molecule has 0 bridgehead atoms. The molecule has 0 fully saturated rings. The van der Waals surface area contributed by atoms with Gasteiger partial charge in [0.2, 0.25) is 0 Å². The average Bonchev–Trinajstić information content (AvgIpc) is 2.73. The van der Waals surface area contributed by atoms with E-state index in [1.54, 1.807) is 6.07 Å². The first-order valence-electron chi connectivity index (χ1n) is 5.87. The Kier molecular flexibility index (Phi) is 2.96. The molecule has 1 heterocycles. The molecule has 1 aromatic carbocycles. The smallest absolute Gasteiger partial charge is 0.182 e. The van der Waals surface area contributed by atoms with E-state index < -0.39 is 5.67 Å². The van der Waals surface area contributed by atoms with E-state index >= 15 is 0 Å². The van der Waals surface area contributed by atoms with Gasteiger partial charge in [0.05, 0.1) is 0 Å². The molecule has 0 amide bonds. The fourth-order valence-electron chi connectivity index (χ4n) is 2.03. The summed E-state index contributed by atoms with van der Waals surface area (Å²) in [6.07, 6.45) is 0. The largest absolute Gasteiger partial charge is 0.457 e. The lowest BCUT2D eigenvalue weighted by atomic mass is 9.90. The van der Waals surface area contributed by atoms with Gasteiger partial charge < -0.3 is 10.2 Å². The highest BCUT2D eigenvalue weighted by molar-refractivity contribution is 5.81. The van der Waals surface area contributed by atoms with Crippen LogP contribution in [0, 0.1) is 12.8 Å². The molecule has 0 saturated carbocycles. The lowest BCUT2D eigenvalue weighted by Gasteiger charge is -2.25. The van der Waals surface area contributed by atoms with Gasteiger partial charge in [-0.3, -0.25) is 0 Å². The van der Waals surface area contributed by atoms with E-state index in [4.69, 9.17) is 10.2 Å². The van der Waals surface area contributed by atoms with E-state index in [1.807, 2.05) is 39.0 Å². The number of hydrogen-bond donors (Lipinski definition) is 1. The molecule has 0 radical (unpaired) electrons. The van der Waals surface area contributed by atoms with Gasteiger partial charge in [-0.1, -0.05) is 32.0 Å². The summed E-state index contributed by atoms with van der Waals surface area (Å²) >= 11 is 0. The first-order chi connectivity index (χ1) is 7.99. The second kappa shape index (κ2) is 4.15. The molecular formula is C14H18FNO. The van der Waals surface area contributed by atoms with Crippen molar-refractivity contribution >= 4 is 11.0 Å². The summed E-state index contributed by atoms with van der Waals surface area (Å²) in [5, 5.41) is 0.927. The van der Waals surface area contributed by atoms with Crippen molar-refractivity contribution in [2.75, 3.05) is 6.54 Å². The molecule has 0 aliphatic rings. The molecule has 2 aromatic rings. The van der Waals surface area contributed by atoms with E-state index in [-0.39, 0.29) is 12.5 Å². The van der Waals surface area contributed by atoms with Gasteiger partial charge in [-0.2, -0.15) is 0 Å². The number of para-hydroxylation sites is 1. The zero-order valence-electron chi connectivity index (χ0n) is 10.5. The fourth-order valence-corrected chi connectivity index (χ4v) is 2.03. The van der Waals surface area contributed by atoms with Crippen LogP contribution in [0.15, 0.2) is 28.7 Å². The molecule has 3 heteroatoms. The second-order valence-corrected chi connectivity index (χ2v) is 4.83. The number of hydrogen-bond acceptors (Lipinski definition) is 2. The number of aryl methyl sites for hydroxylation is 1. The molecular weight excluding hydrogens is 217 g/mol. The molecule has 0 spiro atoms. The summed E-state index contributed by atoms with van der Waals surface area (Å²) in [5.74, 6) is 0.118. The zero-order chi connectivity index (χ0) is 12.6. The van der Waals surface area contributed by atoms with Crippen LogP contribution in [0.25, 0.3) is 11.0 Å². The summed E-state index contributed by atoms with van der Waals surface area (Å²) in [6.45, 7) is 5.51. The third-order valence-electron chi connectivity index (χ3n) is 3.36. The number of nitrogens with two attached hydrogens (primary N) is 1. The van der Waals surface area contributed by atoms with Crippen molar-refractivity contribution < 1.29 is 8.81 Å². The van der Waals surface area contributed by atoms with Crippen molar-refractivity contribution in [3.63, 3.8) is 0 Å². The Hall–Kier alpha value is -1.35. The maximum Gasteiger partial charge on any atom is 0.182 e. The highest BCUT2D eigenvalue weighted by Gasteiger charge is 2.37. The van der Waals surface area contributed by atoms with Gasteiger partial charge in [-0.15, -0.1) is 0 Å². The molecule has 0 aliphatic carbocycles. The van der Waals surface area contributed by atoms with Crippen molar-refractivity contribution in [3.8, 4) is 0 Å². The molecule has 2 rings (SSSR count). The van der Waals surface area contributed by atoms with E-state index in [2.05, 4.69) is 0 Å². The minimum atomic E-state index is -1.59. The van der Waals surface area contributed by atoms with Crippen LogP contribution in [0.5, 0.6) is 0 Å². The summed E-state index contributed by atoms with van der Waals surface area (Å²) in [4.78, 5) is 0. The van der Waals surface area contributed by atoms with Crippen molar-refractivity contribution in [2.24, 2.45) is 11.7 Å². The van der Waals surface area contributed by atoms with Crippen LogP contribution < -0.4 is 5.73 Å². The summed E-state index contributed by atoms with van der Waals surface area (Å²) in [5.41, 5.74) is 5.73. The molecule has 1 unspecified atom stereocenters. The Balaban J connectivity index is 2.60. The van der Waals surface area contributed by atoms with Crippen molar-refractivity contribution in [2.45, 2.75) is 26.4 Å². The summed E-state index contributed by atoms with van der Waals surface area (Å²) < 4.78 is 20.4. The van der Waals surface area contributed by atoms with Gasteiger partial charge in [-0.05, 0) is 24.5 Å².